The van der Waals surface area contributed by atoms with E-state index in [9.17, 15) is 4.79 Å². The van der Waals surface area contributed by atoms with E-state index >= 15 is 0 Å². The number of nitrogens with zero attached hydrogens (tertiary/aromatic N) is 1. The first-order chi connectivity index (χ1) is 10.2. The molecule has 1 atom stereocenters. The van der Waals surface area contributed by atoms with Gasteiger partial charge >= 0.3 is 0 Å². The molecular formula is C18H28N2O. The molecule has 2 rings (SSSR count). The number of hydrogen-bond acceptors (Lipinski definition) is 2. The molecule has 0 bridgehead atoms. The van der Waals surface area contributed by atoms with E-state index in [-0.39, 0.29) is 5.91 Å². The molecule has 0 saturated heterocycles. The van der Waals surface area contributed by atoms with Gasteiger partial charge in [0.25, 0.3) is 0 Å². The summed E-state index contributed by atoms with van der Waals surface area (Å²) in [4.78, 5) is 14.4. The molecule has 0 saturated carbocycles. The Morgan fingerprint density at radius 2 is 2.00 bits per heavy atom. The number of rotatable bonds is 7. The quantitative estimate of drug-likeness (QED) is 0.837. The fraction of sp³-hybridized carbons (Fsp3) is 0.611. The van der Waals surface area contributed by atoms with E-state index in [2.05, 4.69) is 48.3 Å². The van der Waals surface area contributed by atoms with Crippen molar-refractivity contribution in [1.29, 1.82) is 0 Å². The molecule has 1 aromatic rings. The molecule has 0 spiro atoms. The number of hydrogen-bond donors (Lipinski definition) is 1. The number of amides is 1. The van der Waals surface area contributed by atoms with Gasteiger partial charge in [0.2, 0.25) is 5.91 Å². The molecule has 21 heavy (non-hydrogen) atoms. The number of carbonyl (C=O) groups excluding carboxylic acids is 1. The van der Waals surface area contributed by atoms with Crippen LogP contribution in [0, 0.1) is 0 Å². The van der Waals surface area contributed by atoms with Gasteiger partial charge in [0.15, 0.2) is 0 Å². The summed E-state index contributed by atoms with van der Waals surface area (Å²) in [6, 6.07) is 9.24. The van der Waals surface area contributed by atoms with Crippen LogP contribution in [0.3, 0.4) is 0 Å². The smallest absolute Gasteiger partial charge is 0.234 e. The van der Waals surface area contributed by atoms with Crippen LogP contribution in [-0.4, -0.2) is 36.5 Å². The zero-order valence-corrected chi connectivity index (χ0v) is 13.4. The van der Waals surface area contributed by atoms with E-state index in [0.29, 0.717) is 12.6 Å². The van der Waals surface area contributed by atoms with Gasteiger partial charge in [-0.25, -0.2) is 0 Å². The maximum Gasteiger partial charge on any atom is 0.234 e. The molecule has 3 heteroatoms. The van der Waals surface area contributed by atoms with Crippen LogP contribution in [0.1, 0.15) is 44.2 Å². The minimum atomic E-state index is 0.171. The predicted octanol–water partition coefficient (Wildman–Crippen LogP) is 2.78. The SMILES string of the molecule is CCCNC(=O)CN(CCC)C1CCc2ccccc2C1. The van der Waals surface area contributed by atoms with Crippen LogP contribution >= 0.6 is 0 Å². The van der Waals surface area contributed by atoms with Gasteiger partial charge in [-0.3, -0.25) is 9.69 Å². The van der Waals surface area contributed by atoms with Crippen molar-refractivity contribution in [3.8, 4) is 0 Å². The molecule has 3 nitrogen and oxygen atoms in total. The van der Waals surface area contributed by atoms with Crippen LogP contribution in [0.2, 0.25) is 0 Å². The average molecular weight is 288 g/mol. The second kappa shape index (κ2) is 8.18. The summed E-state index contributed by atoms with van der Waals surface area (Å²) in [5.41, 5.74) is 2.95. The summed E-state index contributed by atoms with van der Waals surface area (Å²) in [6.45, 7) is 6.61. The zero-order chi connectivity index (χ0) is 15.1. The topological polar surface area (TPSA) is 32.3 Å². The van der Waals surface area contributed by atoms with Crippen molar-refractivity contribution in [3.05, 3.63) is 35.4 Å². The van der Waals surface area contributed by atoms with E-state index < -0.39 is 0 Å². The zero-order valence-electron chi connectivity index (χ0n) is 13.4. The van der Waals surface area contributed by atoms with Crippen molar-refractivity contribution in [2.24, 2.45) is 0 Å². The lowest BCUT2D eigenvalue weighted by Gasteiger charge is -2.34. The fourth-order valence-corrected chi connectivity index (χ4v) is 3.17. The minimum Gasteiger partial charge on any atom is -0.355 e. The third kappa shape index (κ3) is 4.57. The van der Waals surface area contributed by atoms with Crippen LogP contribution in [0.5, 0.6) is 0 Å². The Labute approximate surface area is 128 Å². The Kier molecular flexibility index (Phi) is 6.24. The highest BCUT2D eigenvalue weighted by molar-refractivity contribution is 5.78. The highest BCUT2D eigenvalue weighted by Crippen LogP contribution is 2.24. The van der Waals surface area contributed by atoms with Crippen LogP contribution in [0.15, 0.2) is 24.3 Å². The summed E-state index contributed by atoms with van der Waals surface area (Å²) in [5, 5.41) is 3.00. The van der Waals surface area contributed by atoms with Gasteiger partial charge in [-0.05, 0) is 49.8 Å². The molecule has 1 aliphatic rings. The van der Waals surface area contributed by atoms with Crippen LogP contribution in [-0.2, 0) is 17.6 Å². The lowest BCUT2D eigenvalue weighted by Crippen LogP contribution is -2.45. The lowest BCUT2D eigenvalue weighted by molar-refractivity contribution is -0.122. The maximum atomic E-state index is 12.0. The van der Waals surface area contributed by atoms with Crippen molar-refractivity contribution in [3.63, 3.8) is 0 Å². The Balaban J connectivity index is 1.97. The Hall–Kier alpha value is -1.35. The largest absolute Gasteiger partial charge is 0.355 e. The van der Waals surface area contributed by atoms with E-state index in [4.69, 9.17) is 0 Å². The second-order valence-electron chi connectivity index (χ2n) is 5.99. The van der Waals surface area contributed by atoms with Gasteiger partial charge in [-0.1, -0.05) is 38.1 Å². The molecule has 1 aliphatic carbocycles. The van der Waals surface area contributed by atoms with Gasteiger partial charge in [0.1, 0.15) is 0 Å². The van der Waals surface area contributed by atoms with Gasteiger partial charge in [0.05, 0.1) is 6.54 Å². The first-order valence-electron chi connectivity index (χ1n) is 8.32. The van der Waals surface area contributed by atoms with E-state index in [1.165, 1.54) is 11.1 Å². The summed E-state index contributed by atoms with van der Waals surface area (Å²) >= 11 is 0. The molecule has 1 aromatic carbocycles. The van der Waals surface area contributed by atoms with Crippen molar-refractivity contribution < 1.29 is 4.79 Å². The standard InChI is InChI=1S/C18H28N2O/c1-3-11-19-18(21)14-20(12-4-2)17-10-9-15-7-5-6-8-16(15)13-17/h5-8,17H,3-4,9-14H2,1-2H3,(H,19,21). The summed E-state index contributed by atoms with van der Waals surface area (Å²) in [5.74, 6) is 0.171. The molecular weight excluding hydrogens is 260 g/mol. The molecule has 0 aromatic heterocycles. The molecule has 0 radical (unpaired) electrons. The molecule has 0 fully saturated rings. The molecule has 0 heterocycles. The number of fused-ring (bicyclic) bond motifs is 1. The molecule has 1 unspecified atom stereocenters. The molecule has 0 aliphatic heterocycles. The van der Waals surface area contributed by atoms with Crippen LogP contribution < -0.4 is 5.32 Å². The fourth-order valence-electron chi connectivity index (χ4n) is 3.17. The highest BCUT2D eigenvalue weighted by Gasteiger charge is 2.24. The van der Waals surface area contributed by atoms with Gasteiger partial charge in [0, 0.05) is 12.6 Å². The van der Waals surface area contributed by atoms with Crippen molar-refractivity contribution >= 4 is 5.91 Å². The Morgan fingerprint density at radius 3 is 2.71 bits per heavy atom. The third-order valence-electron chi connectivity index (χ3n) is 4.27. The number of aryl methyl sites for hydroxylation is 1. The molecule has 116 valence electrons. The predicted molar refractivity (Wildman–Crippen MR) is 87.4 cm³/mol. The summed E-state index contributed by atoms with van der Waals surface area (Å²) in [7, 11) is 0. The average Bonchev–Trinajstić information content (AvgIpc) is 2.52. The van der Waals surface area contributed by atoms with Gasteiger partial charge < -0.3 is 5.32 Å². The Bertz CT molecular complexity index is 458. The lowest BCUT2D eigenvalue weighted by atomic mass is 9.87. The highest BCUT2D eigenvalue weighted by atomic mass is 16.2. The number of carbonyl (C=O) groups is 1. The Morgan fingerprint density at radius 1 is 1.24 bits per heavy atom. The van der Waals surface area contributed by atoms with Crippen molar-refractivity contribution in [2.75, 3.05) is 19.6 Å². The van der Waals surface area contributed by atoms with Gasteiger partial charge in [-0.15, -0.1) is 0 Å². The monoisotopic (exact) mass is 288 g/mol. The second-order valence-corrected chi connectivity index (χ2v) is 5.99. The summed E-state index contributed by atoms with van der Waals surface area (Å²) in [6.07, 6.45) is 5.47. The van der Waals surface area contributed by atoms with Gasteiger partial charge in [-0.2, -0.15) is 0 Å². The van der Waals surface area contributed by atoms with Crippen LogP contribution in [0.25, 0.3) is 0 Å². The normalized spacial score (nSPS) is 17.6. The molecule has 1 amide bonds. The first-order valence-corrected chi connectivity index (χ1v) is 8.32. The van der Waals surface area contributed by atoms with E-state index in [1.807, 2.05) is 0 Å². The number of benzene rings is 1. The third-order valence-corrected chi connectivity index (χ3v) is 4.27. The maximum absolute atomic E-state index is 12.0. The van der Waals surface area contributed by atoms with Crippen LogP contribution in [0.4, 0.5) is 0 Å². The van der Waals surface area contributed by atoms with E-state index in [0.717, 1.165) is 45.2 Å². The van der Waals surface area contributed by atoms with E-state index in [1.54, 1.807) is 0 Å². The number of nitrogens with one attached hydrogen (secondary N) is 1. The molecule has 1 N–H and O–H groups in total. The van der Waals surface area contributed by atoms with Crippen molar-refractivity contribution in [1.82, 2.24) is 10.2 Å². The first kappa shape index (κ1) is 16.0. The minimum absolute atomic E-state index is 0.171. The summed E-state index contributed by atoms with van der Waals surface area (Å²) < 4.78 is 0. The van der Waals surface area contributed by atoms with Crippen molar-refractivity contribution in [2.45, 2.75) is 52.0 Å².